The molecule has 0 fully saturated rings. The summed E-state index contributed by atoms with van der Waals surface area (Å²) in [5.41, 5.74) is 4.01. The number of para-hydroxylation sites is 2. The molecule has 6 aromatic rings. The fourth-order valence-corrected chi connectivity index (χ4v) is 5.55. The third-order valence-electron chi connectivity index (χ3n) is 6.61. The molecule has 2 amide bonds. The van der Waals surface area contributed by atoms with Crippen LogP contribution in [0.5, 0.6) is 0 Å². The number of nitrogens with one attached hydrogen (secondary N) is 2. The highest BCUT2D eigenvalue weighted by Crippen LogP contribution is 2.34. The molecule has 3 aromatic carbocycles. The summed E-state index contributed by atoms with van der Waals surface area (Å²) in [6.07, 6.45) is 3.44. The highest BCUT2D eigenvalue weighted by molar-refractivity contribution is 7.20. The van der Waals surface area contributed by atoms with Gasteiger partial charge in [0.2, 0.25) is 0 Å². The summed E-state index contributed by atoms with van der Waals surface area (Å²) in [7, 11) is 0. The molecule has 39 heavy (non-hydrogen) atoms. The van der Waals surface area contributed by atoms with Crippen molar-refractivity contribution in [1.29, 1.82) is 0 Å². The fraction of sp³-hybridized carbons (Fsp3) is 0.0968. The van der Waals surface area contributed by atoms with Crippen LogP contribution >= 0.6 is 11.3 Å². The summed E-state index contributed by atoms with van der Waals surface area (Å²) >= 11 is 1.42. The Hall–Kier alpha value is -4.82. The van der Waals surface area contributed by atoms with Crippen LogP contribution in [0, 0.1) is 0 Å². The van der Waals surface area contributed by atoms with Crippen molar-refractivity contribution in [2.45, 2.75) is 19.5 Å². The van der Waals surface area contributed by atoms with E-state index in [1.807, 2.05) is 97.9 Å². The maximum atomic E-state index is 13.9. The minimum absolute atomic E-state index is 0.132. The Labute approximate surface area is 229 Å². The molecule has 0 bridgehead atoms. The van der Waals surface area contributed by atoms with Crippen LogP contribution in [0.1, 0.15) is 44.4 Å². The van der Waals surface area contributed by atoms with Crippen LogP contribution in [0.4, 0.5) is 5.69 Å². The quantitative estimate of drug-likeness (QED) is 0.246. The van der Waals surface area contributed by atoms with E-state index in [9.17, 15) is 9.59 Å². The molecule has 6 rings (SSSR count). The van der Waals surface area contributed by atoms with Crippen molar-refractivity contribution >= 4 is 50.0 Å². The molecule has 0 aliphatic heterocycles. The topological polar surface area (TPSA) is 91.0 Å². The molecule has 0 radical (unpaired) electrons. The Morgan fingerprint density at radius 3 is 2.59 bits per heavy atom. The van der Waals surface area contributed by atoms with Crippen molar-refractivity contribution in [2.24, 2.45) is 0 Å². The van der Waals surface area contributed by atoms with E-state index < -0.39 is 0 Å². The Morgan fingerprint density at radius 2 is 1.79 bits per heavy atom. The molecule has 0 saturated carbocycles. The number of aromatic nitrogens is 3. The van der Waals surface area contributed by atoms with Crippen molar-refractivity contribution in [3.8, 4) is 0 Å². The van der Waals surface area contributed by atoms with E-state index >= 15 is 0 Å². The van der Waals surface area contributed by atoms with E-state index in [0.717, 1.165) is 32.4 Å². The number of benzene rings is 3. The van der Waals surface area contributed by atoms with E-state index in [1.54, 1.807) is 17.3 Å². The summed E-state index contributed by atoms with van der Waals surface area (Å²) in [5.74, 6) is 0.420. The first-order chi connectivity index (χ1) is 19.1. The molecular formula is C31H25N5O2S. The van der Waals surface area contributed by atoms with Gasteiger partial charge in [0.1, 0.15) is 5.82 Å². The number of hydrogen-bond donors (Lipinski definition) is 2. The van der Waals surface area contributed by atoms with Gasteiger partial charge in [-0.2, -0.15) is 0 Å². The van der Waals surface area contributed by atoms with Gasteiger partial charge in [0.25, 0.3) is 11.8 Å². The first kappa shape index (κ1) is 24.5. The third-order valence-corrected chi connectivity index (χ3v) is 7.72. The number of amides is 2. The largest absolute Gasteiger partial charge is 0.347 e. The molecule has 192 valence electrons. The van der Waals surface area contributed by atoms with Crippen LogP contribution in [0.2, 0.25) is 0 Å². The predicted molar refractivity (Wildman–Crippen MR) is 155 cm³/mol. The Bertz CT molecular complexity index is 1750. The third kappa shape index (κ3) is 5.02. The first-order valence-electron chi connectivity index (χ1n) is 12.6. The minimum Gasteiger partial charge on any atom is -0.347 e. The molecule has 7 nitrogen and oxygen atoms in total. The SMILES string of the molecule is CC(c1nc2ccccc2[nH]1)N(C(=O)c1ccccc1)c1ccc2sc(C(=O)NCc3cccnc3)cc2c1. The molecule has 0 aliphatic carbocycles. The van der Waals surface area contributed by atoms with Gasteiger partial charge in [-0.05, 0) is 72.5 Å². The molecule has 1 atom stereocenters. The van der Waals surface area contributed by atoms with Gasteiger partial charge in [-0.25, -0.2) is 4.98 Å². The average molecular weight is 532 g/mol. The van der Waals surface area contributed by atoms with Gasteiger partial charge < -0.3 is 10.3 Å². The zero-order valence-electron chi connectivity index (χ0n) is 21.2. The average Bonchev–Trinajstić information content (AvgIpc) is 3.61. The Kier molecular flexibility index (Phi) is 6.61. The van der Waals surface area contributed by atoms with Gasteiger partial charge in [-0.3, -0.25) is 19.5 Å². The number of hydrogen-bond acceptors (Lipinski definition) is 5. The summed E-state index contributed by atoms with van der Waals surface area (Å²) < 4.78 is 0.966. The number of pyridine rings is 1. The summed E-state index contributed by atoms with van der Waals surface area (Å²) in [6.45, 7) is 2.37. The smallest absolute Gasteiger partial charge is 0.261 e. The first-order valence-corrected chi connectivity index (χ1v) is 13.4. The van der Waals surface area contributed by atoms with Crippen LogP contribution in [-0.2, 0) is 6.54 Å². The Balaban J connectivity index is 1.34. The van der Waals surface area contributed by atoms with Crippen LogP contribution in [0.3, 0.4) is 0 Å². The minimum atomic E-state index is -0.372. The van der Waals surface area contributed by atoms with Gasteiger partial charge in [0.05, 0.1) is 22.0 Å². The molecule has 1 unspecified atom stereocenters. The van der Waals surface area contributed by atoms with Crippen LogP contribution in [0.15, 0.2) is 103 Å². The molecule has 8 heteroatoms. The fourth-order valence-electron chi connectivity index (χ4n) is 4.59. The van der Waals surface area contributed by atoms with E-state index in [2.05, 4.69) is 15.3 Å². The highest BCUT2D eigenvalue weighted by atomic mass is 32.1. The van der Waals surface area contributed by atoms with Gasteiger partial charge in [-0.1, -0.05) is 36.4 Å². The van der Waals surface area contributed by atoms with E-state index in [0.29, 0.717) is 22.8 Å². The van der Waals surface area contributed by atoms with Crippen LogP contribution in [-0.4, -0.2) is 26.8 Å². The molecule has 0 aliphatic rings. The van der Waals surface area contributed by atoms with Gasteiger partial charge in [0, 0.05) is 34.9 Å². The number of carbonyl (C=O) groups is 2. The van der Waals surface area contributed by atoms with Crippen LogP contribution in [0.25, 0.3) is 21.1 Å². The standard InChI is InChI=1S/C31H25N5O2S/c1-20(29-34-25-11-5-6-12-26(25)35-29)36(31(38)22-9-3-2-4-10-22)24-13-14-27-23(16-24)17-28(39-27)30(37)33-19-21-8-7-15-32-18-21/h2-18,20H,19H2,1H3,(H,33,37)(H,34,35). The van der Waals surface area contributed by atoms with Gasteiger partial charge in [-0.15, -0.1) is 11.3 Å². The lowest BCUT2D eigenvalue weighted by atomic mass is 10.1. The molecule has 2 N–H and O–H groups in total. The number of anilines is 1. The molecule has 0 spiro atoms. The van der Waals surface area contributed by atoms with Crippen LogP contribution < -0.4 is 10.2 Å². The molecule has 3 aromatic heterocycles. The molecule has 3 heterocycles. The summed E-state index contributed by atoms with van der Waals surface area (Å²) in [6, 6.07) is 28.2. The lowest BCUT2D eigenvalue weighted by molar-refractivity contribution is 0.0952. The van der Waals surface area contributed by atoms with Crippen molar-refractivity contribution in [3.05, 3.63) is 125 Å². The second kappa shape index (κ2) is 10.5. The Morgan fingerprint density at radius 1 is 0.974 bits per heavy atom. The lowest BCUT2D eigenvalue weighted by Crippen LogP contribution is -2.34. The second-order valence-corrected chi connectivity index (χ2v) is 10.3. The number of H-pyrrole nitrogens is 1. The maximum absolute atomic E-state index is 13.9. The zero-order valence-corrected chi connectivity index (χ0v) is 22.0. The molecular weight excluding hydrogens is 506 g/mol. The normalized spacial score (nSPS) is 11.9. The summed E-state index contributed by atoms with van der Waals surface area (Å²) in [4.78, 5) is 41.3. The number of thiophene rings is 1. The van der Waals surface area contributed by atoms with Crippen molar-refractivity contribution in [3.63, 3.8) is 0 Å². The zero-order chi connectivity index (χ0) is 26.8. The number of imidazole rings is 1. The monoisotopic (exact) mass is 531 g/mol. The van der Waals surface area contributed by atoms with Crippen molar-refractivity contribution < 1.29 is 9.59 Å². The van der Waals surface area contributed by atoms with Crippen molar-refractivity contribution in [1.82, 2.24) is 20.3 Å². The van der Waals surface area contributed by atoms with E-state index in [1.165, 1.54) is 11.3 Å². The summed E-state index contributed by atoms with van der Waals surface area (Å²) in [5, 5.41) is 3.86. The van der Waals surface area contributed by atoms with E-state index in [4.69, 9.17) is 4.98 Å². The van der Waals surface area contributed by atoms with E-state index in [-0.39, 0.29) is 17.9 Å². The molecule has 0 saturated heterocycles. The second-order valence-electron chi connectivity index (χ2n) is 9.23. The number of nitrogens with zero attached hydrogens (tertiary/aromatic N) is 3. The number of rotatable bonds is 7. The van der Waals surface area contributed by atoms with Gasteiger partial charge in [0.15, 0.2) is 0 Å². The maximum Gasteiger partial charge on any atom is 0.261 e. The van der Waals surface area contributed by atoms with Gasteiger partial charge >= 0.3 is 0 Å². The predicted octanol–water partition coefficient (Wildman–Crippen LogP) is 6.51. The lowest BCUT2D eigenvalue weighted by Gasteiger charge is -2.28. The van der Waals surface area contributed by atoms with Crippen molar-refractivity contribution in [2.75, 3.05) is 4.90 Å². The number of fused-ring (bicyclic) bond motifs is 2. The number of carbonyl (C=O) groups excluding carboxylic acids is 2. The number of aromatic amines is 1. The highest BCUT2D eigenvalue weighted by Gasteiger charge is 2.27.